The van der Waals surface area contributed by atoms with Gasteiger partial charge < -0.3 is 10.6 Å². The van der Waals surface area contributed by atoms with Crippen molar-refractivity contribution in [1.82, 2.24) is 4.98 Å². The van der Waals surface area contributed by atoms with E-state index in [0.717, 1.165) is 20.6 Å². The largest absolute Gasteiger partial charge is 0.369 e. The van der Waals surface area contributed by atoms with Crippen molar-refractivity contribution in [2.24, 2.45) is 5.73 Å². The van der Waals surface area contributed by atoms with E-state index in [4.69, 9.17) is 5.73 Å². The Hall–Kier alpha value is -1.86. The van der Waals surface area contributed by atoms with Gasteiger partial charge in [0.05, 0.1) is 17.4 Å². The van der Waals surface area contributed by atoms with Crippen molar-refractivity contribution in [3.05, 3.63) is 40.9 Å². The first-order chi connectivity index (χ1) is 10.9. The van der Waals surface area contributed by atoms with Crippen LogP contribution in [0.3, 0.4) is 0 Å². The van der Waals surface area contributed by atoms with Gasteiger partial charge in [-0.3, -0.25) is 9.59 Å². The average molecular weight is 349 g/mol. The predicted octanol–water partition coefficient (Wildman–Crippen LogP) is 2.62. The summed E-state index contributed by atoms with van der Waals surface area (Å²) in [6.45, 7) is 3.71. The second-order valence-electron chi connectivity index (χ2n) is 5.12. The predicted molar refractivity (Wildman–Crippen MR) is 94.9 cm³/mol. The first-order valence-corrected chi connectivity index (χ1v) is 8.82. The van der Waals surface area contributed by atoms with Crippen LogP contribution < -0.4 is 10.6 Å². The molecule has 1 unspecified atom stereocenters. The van der Waals surface area contributed by atoms with Crippen LogP contribution >= 0.6 is 23.1 Å². The Morgan fingerprint density at radius 2 is 2.00 bits per heavy atom. The fourth-order valence-corrected chi connectivity index (χ4v) is 4.51. The highest BCUT2D eigenvalue weighted by Crippen LogP contribution is 2.31. The minimum absolute atomic E-state index is 0.00510. The van der Waals surface area contributed by atoms with E-state index in [9.17, 15) is 9.59 Å². The van der Waals surface area contributed by atoms with Crippen molar-refractivity contribution in [2.75, 3.05) is 11.9 Å². The molecule has 2 rings (SSSR count). The molecular formula is C16H19N3O2S2. The third-order valence-electron chi connectivity index (χ3n) is 3.31. The third-order valence-corrected chi connectivity index (χ3v) is 5.65. The maximum atomic E-state index is 12.5. The van der Waals surface area contributed by atoms with E-state index in [0.29, 0.717) is 0 Å². The van der Waals surface area contributed by atoms with Crippen LogP contribution in [0.25, 0.3) is 0 Å². The monoisotopic (exact) mass is 349 g/mol. The number of hydrogen-bond donors (Lipinski definition) is 1. The van der Waals surface area contributed by atoms with Gasteiger partial charge in [-0.15, -0.1) is 11.3 Å². The van der Waals surface area contributed by atoms with Gasteiger partial charge in [0.2, 0.25) is 11.8 Å². The Morgan fingerprint density at radius 1 is 1.35 bits per heavy atom. The van der Waals surface area contributed by atoms with E-state index in [1.54, 1.807) is 11.9 Å². The molecule has 0 bridgehead atoms. The van der Waals surface area contributed by atoms with E-state index in [1.165, 1.54) is 23.1 Å². The van der Waals surface area contributed by atoms with Crippen molar-refractivity contribution in [1.29, 1.82) is 0 Å². The Labute approximate surface area is 143 Å². The molecule has 0 aliphatic heterocycles. The average Bonchev–Trinajstić information content (AvgIpc) is 2.85. The molecule has 0 saturated carbocycles. The lowest BCUT2D eigenvalue weighted by Crippen LogP contribution is -2.33. The summed E-state index contributed by atoms with van der Waals surface area (Å²) >= 11 is 2.82. The molecule has 1 aromatic carbocycles. The number of hydrogen-bond acceptors (Lipinski definition) is 5. The molecule has 0 fully saturated rings. The SMILES string of the molecule is Cc1nc(SC(C)C(=O)N(C)c2ccccc2)sc1CC(N)=O. The summed E-state index contributed by atoms with van der Waals surface area (Å²) in [4.78, 5) is 30.5. The molecule has 2 amide bonds. The zero-order valence-corrected chi connectivity index (χ0v) is 14.9. The molecular weight excluding hydrogens is 330 g/mol. The number of anilines is 1. The molecule has 0 aliphatic carbocycles. The summed E-state index contributed by atoms with van der Waals surface area (Å²) < 4.78 is 0.779. The van der Waals surface area contributed by atoms with Gasteiger partial charge in [0, 0.05) is 17.6 Å². The molecule has 122 valence electrons. The Balaban J connectivity index is 2.05. The van der Waals surface area contributed by atoms with Gasteiger partial charge in [0.15, 0.2) is 4.34 Å². The molecule has 5 nitrogen and oxygen atoms in total. The van der Waals surface area contributed by atoms with Crippen molar-refractivity contribution in [3.63, 3.8) is 0 Å². The molecule has 2 aromatic rings. The number of rotatable bonds is 6. The van der Waals surface area contributed by atoms with Crippen LogP contribution in [0, 0.1) is 6.92 Å². The number of nitrogens with zero attached hydrogens (tertiary/aromatic N) is 2. The van der Waals surface area contributed by atoms with Crippen LogP contribution in [0.4, 0.5) is 5.69 Å². The van der Waals surface area contributed by atoms with Gasteiger partial charge in [-0.1, -0.05) is 30.0 Å². The molecule has 1 heterocycles. The Kier molecular flexibility index (Phi) is 5.79. The second kappa shape index (κ2) is 7.61. The molecule has 1 atom stereocenters. The van der Waals surface area contributed by atoms with Crippen molar-refractivity contribution < 1.29 is 9.59 Å². The van der Waals surface area contributed by atoms with Crippen LogP contribution in [0.2, 0.25) is 0 Å². The molecule has 7 heteroatoms. The quantitative estimate of drug-likeness (QED) is 0.813. The first kappa shape index (κ1) is 17.5. The standard InChI is InChI=1S/C16H19N3O2S2/c1-10-13(9-14(17)20)23-16(18-10)22-11(2)15(21)19(3)12-7-5-4-6-8-12/h4-8,11H,9H2,1-3H3,(H2,17,20). The smallest absolute Gasteiger partial charge is 0.240 e. The van der Waals surface area contributed by atoms with Crippen LogP contribution in [-0.2, 0) is 16.0 Å². The maximum absolute atomic E-state index is 12.5. The lowest BCUT2D eigenvalue weighted by molar-refractivity contribution is -0.118. The number of para-hydroxylation sites is 1. The number of carbonyl (C=O) groups excluding carboxylic acids is 2. The van der Waals surface area contributed by atoms with Gasteiger partial charge in [-0.25, -0.2) is 4.98 Å². The number of nitrogens with two attached hydrogens (primary N) is 1. The van der Waals surface area contributed by atoms with E-state index in [2.05, 4.69) is 4.98 Å². The normalized spacial score (nSPS) is 12.0. The number of amides is 2. The highest BCUT2D eigenvalue weighted by Gasteiger charge is 2.22. The number of thioether (sulfide) groups is 1. The molecule has 23 heavy (non-hydrogen) atoms. The lowest BCUT2D eigenvalue weighted by atomic mass is 10.3. The van der Waals surface area contributed by atoms with Crippen LogP contribution in [0.15, 0.2) is 34.7 Å². The number of carbonyl (C=O) groups is 2. The Morgan fingerprint density at radius 3 is 2.61 bits per heavy atom. The zero-order chi connectivity index (χ0) is 17.0. The van der Waals surface area contributed by atoms with Gasteiger partial charge in [-0.05, 0) is 26.0 Å². The second-order valence-corrected chi connectivity index (χ2v) is 7.80. The van der Waals surface area contributed by atoms with Crippen LogP contribution in [0.1, 0.15) is 17.5 Å². The lowest BCUT2D eigenvalue weighted by Gasteiger charge is -2.20. The van der Waals surface area contributed by atoms with Crippen molar-refractivity contribution >= 4 is 40.6 Å². The number of aryl methyl sites for hydroxylation is 1. The third kappa shape index (κ3) is 4.56. The number of thiazole rings is 1. The summed E-state index contributed by atoms with van der Waals surface area (Å²) in [5.74, 6) is -0.369. The minimum Gasteiger partial charge on any atom is -0.369 e. The summed E-state index contributed by atoms with van der Waals surface area (Å²) in [6, 6.07) is 9.51. The molecule has 2 N–H and O–H groups in total. The Bertz CT molecular complexity index is 701. The summed E-state index contributed by atoms with van der Waals surface area (Å²) in [5, 5.41) is -0.271. The van der Waals surface area contributed by atoms with E-state index in [-0.39, 0.29) is 23.5 Å². The summed E-state index contributed by atoms with van der Waals surface area (Å²) in [7, 11) is 1.76. The fourth-order valence-electron chi connectivity index (χ4n) is 2.03. The van der Waals surface area contributed by atoms with Gasteiger partial charge in [0.25, 0.3) is 0 Å². The number of primary amides is 1. The van der Waals surface area contributed by atoms with Gasteiger partial charge in [0.1, 0.15) is 0 Å². The number of aromatic nitrogens is 1. The molecule has 0 saturated heterocycles. The summed E-state index contributed by atoms with van der Waals surface area (Å²) in [6.07, 6.45) is 0.191. The zero-order valence-electron chi connectivity index (χ0n) is 13.3. The summed E-state index contributed by atoms with van der Waals surface area (Å²) in [5.41, 5.74) is 6.88. The minimum atomic E-state index is -0.374. The van der Waals surface area contributed by atoms with Crippen LogP contribution in [-0.4, -0.2) is 29.1 Å². The first-order valence-electron chi connectivity index (χ1n) is 7.12. The van der Waals surface area contributed by atoms with Gasteiger partial charge in [-0.2, -0.15) is 0 Å². The highest BCUT2D eigenvalue weighted by molar-refractivity contribution is 8.02. The van der Waals surface area contributed by atoms with E-state index in [1.807, 2.05) is 44.2 Å². The van der Waals surface area contributed by atoms with E-state index >= 15 is 0 Å². The molecule has 0 aliphatic rings. The number of benzene rings is 1. The van der Waals surface area contributed by atoms with E-state index < -0.39 is 0 Å². The molecule has 0 radical (unpaired) electrons. The molecule has 1 aromatic heterocycles. The fraction of sp³-hybridized carbons (Fsp3) is 0.312. The van der Waals surface area contributed by atoms with Crippen LogP contribution in [0.5, 0.6) is 0 Å². The highest BCUT2D eigenvalue weighted by atomic mass is 32.2. The van der Waals surface area contributed by atoms with Crippen molar-refractivity contribution in [3.8, 4) is 0 Å². The topological polar surface area (TPSA) is 76.3 Å². The van der Waals surface area contributed by atoms with Gasteiger partial charge >= 0.3 is 0 Å². The molecule has 0 spiro atoms. The van der Waals surface area contributed by atoms with Crippen molar-refractivity contribution in [2.45, 2.75) is 29.9 Å². The maximum Gasteiger partial charge on any atom is 0.240 e.